The SMILES string of the molecule is O=C(c1cc2ccc(Br)cn2n1)N1CCn2c(nnc2-c2cccnc2F)C1. The summed E-state index contributed by atoms with van der Waals surface area (Å²) in [6, 6.07) is 8.81. The van der Waals surface area contributed by atoms with Crippen molar-refractivity contribution in [2.45, 2.75) is 13.1 Å². The van der Waals surface area contributed by atoms with E-state index in [2.05, 4.69) is 36.2 Å². The third-order valence-electron chi connectivity index (χ3n) is 4.68. The number of rotatable bonds is 2. The summed E-state index contributed by atoms with van der Waals surface area (Å²) >= 11 is 3.39. The van der Waals surface area contributed by atoms with Gasteiger partial charge in [-0.3, -0.25) is 4.79 Å². The van der Waals surface area contributed by atoms with Gasteiger partial charge in [0.15, 0.2) is 17.3 Å². The number of aromatic nitrogens is 6. The zero-order valence-corrected chi connectivity index (χ0v) is 16.0. The molecule has 0 spiro atoms. The van der Waals surface area contributed by atoms with Crippen LogP contribution in [0.2, 0.25) is 0 Å². The Kier molecular flexibility index (Phi) is 3.93. The van der Waals surface area contributed by atoms with E-state index in [4.69, 9.17) is 0 Å². The lowest BCUT2D eigenvalue weighted by atomic mass is 10.2. The highest BCUT2D eigenvalue weighted by molar-refractivity contribution is 9.10. The Balaban J connectivity index is 1.43. The molecule has 0 atom stereocenters. The smallest absolute Gasteiger partial charge is 0.274 e. The van der Waals surface area contributed by atoms with Gasteiger partial charge in [-0.25, -0.2) is 9.50 Å². The Hall–Kier alpha value is -3.14. The van der Waals surface area contributed by atoms with E-state index in [9.17, 15) is 9.18 Å². The fourth-order valence-corrected chi connectivity index (χ4v) is 3.64. The number of hydrogen-bond donors (Lipinski definition) is 0. The van der Waals surface area contributed by atoms with Crippen molar-refractivity contribution in [3.63, 3.8) is 0 Å². The zero-order valence-electron chi connectivity index (χ0n) is 14.5. The van der Waals surface area contributed by atoms with Crippen molar-refractivity contribution in [3.05, 3.63) is 64.7 Å². The number of fused-ring (bicyclic) bond motifs is 2. The molecule has 8 nitrogen and oxygen atoms in total. The van der Waals surface area contributed by atoms with Gasteiger partial charge in [0.1, 0.15) is 0 Å². The highest BCUT2D eigenvalue weighted by Crippen LogP contribution is 2.24. The Morgan fingerprint density at radius 1 is 1.18 bits per heavy atom. The molecule has 0 N–H and O–H groups in total. The van der Waals surface area contributed by atoms with Crippen LogP contribution in [0, 0.1) is 5.95 Å². The van der Waals surface area contributed by atoms with Gasteiger partial charge in [-0.1, -0.05) is 0 Å². The maximum absolute atomic E-state index is 14.0. The van der Waals surface area contributed by atoms with Crippen LogP contribution in [-0.2, 0) is 13.1 Å². The molecular weight excluding hydrogens is 429 g/mol. The number of pyridine rings is 2. The fourth-order valence-electron chi connectivity index (χ4n) is 3.31. The fraction of sp³-hybridized carbons (Fsp3) is 0.167. The molecule has 1 aliphatic heterocycles. The Morgan fingerprint density at radius 2 is 2.07 bits per heavy atom. The number of halogens is 2. The normalized spacial score (nSPS) is 13.7. The monoisotopic (exact) mass is 441 g/mol. The van der Waals surface area contributed by atoms with Gasteiger partial charge in [0.2, 0.25) is 5.95 Å². The minimum atomic E-state index is -0.591. The van der Waals surface area contributed by atoms with Gasteiger partial charge in [0.05, 0.1) is 17.6 Å². The van der Waals surface area contributed by atoms with Gasteiger partial charge in [0, 0.05) is 30.0 Å². The van der Waals surface area contributed by atoms with Crippen LogP contribution in [0.4, 0.5) is 4.39 Å². The quantitative estimate of drug-likeness (QED) is 0.446. The van der Waals surface area contributed by atoms with E-state index in [1.54, 1.807) is 33.8 Å². The van der Waals surface area contributed by atoms with Gasteiger partial charge in [-0.15, -0.1) is 10.2 Å². The van der Waals surface area contributed by atoms with Crippen molar-refractivity contribution in [1.29, 1.82) is 0 Å². The molecule has 4 aromatic rings. The van der Waals surface area contributed by atoms with Gasteiger partial charge in [-0.2, -0.15) is 9.49 Å². The van der Waals surface area contributed by atoms with Crippen molar-refractivity contribution in [2.24, 2.45) is 0 Å². The predicted octanol–water partition coefficient (Wildman–Crippen LogP) is 2.55. The van der Waals surface area contributed by atoms with Crippen molar-refractivity contribution in [2.75, 3.05) is 6.54 Å². The number of hydrogen-bond acceptors (Lipinski definition) is 5. The average Bonchev–Trinajstić information content (AvgIpc) is 3.31. The molecule has 140 valence electrons. The first-order valence-corrected chi connectivity index (χ1v) is 9.36. The van der Waals surface area contributed by atoms with Crippen molar-refractivity contribution in [3.8, 4) is 11.4 Å². The van der Waals surface area contributed by atoms with Gasteiger partial charge in [-0.05, 0) is 46.3 Å². The van der Waals surface area contributed by atoms with E-state index in [1.165, 1.54) is 6.20 Å². The molecule has 1 amide bonds. The van der Waals surface area contributed by atoms with Crippen LogP contribution in [0.25, 0.3) is 16.9 Å². The van der Waals surface area contributed by atoms with E-state index in [1.807, 2.05) is 16.7 Å². The minimum Gasteiger partial charge on any atom is -0.328 e. The van der Waals surface area contributed by atoms with Crippen LogP contribution >= 0.6 is 15.9 Å². The molecule has 4 aromatic heterocycles. The molecule has 0 bridgehead atoms. The molecule has 0 aromatic carbocycles. The maximum atomic E-state index is 14.0. The molecule has 1 aliphatic rings. The average molecular weight is 442 g/mol. The summed E-state index contributed by atoms with van der Waals surface area (Å²) in [4.78, 5) is 18.2. The number of carbonyl (C=O) groups is 1. The van der Waals surface area contributed by atoms with Gasteiger partial charge in [0.25, 0.3) is 5.91 Å². The van der Waals surface area contributed by atoms with Crippen LogP contribution in [0.1, 0.15) is 16.3 Å². The third-order valence-corrected chi connectivity index (χ3v) is 5.15. The number of amides is 1. The highest BCUT2D eigenvalue weighted by Gasteiger charge is 2.27. The minimum absolute atomic E-state index is 0.178. The zero-order chi connectivity index (χ0) is 19.3. The van der Waals surface area contributed by atoms with Crippen LogP contribution < -0.4 is 0 Å². The second-order valence-corrected chi connectivity index (χ2v) is 7.32. The van der Waals surface area contributed by atoms with E-state index in [0.29, 0.717) is 36.0 Å². The lowest BCUT2D eigenvalue weighted by molar-refractivity contribution is 0.0701. The summed E-state index contributed by atoms with van der Waals surface area (Å²) in [5.74, 6) is 0.255. The van der Waals surface area contributed by atoms with Crippen LogP contribution in [-0.4, -0.2) is 46.7 Å². The Labute approximate surface area is 166 Å². The first-order valence-electron chi connectivity index (χ1n) is 8.57. The molecule has 0 radical (unpaired) electrons. The van der Waals surface area contributed by atoms with E-state index < -0.39 is 5.95 Å². The molecule has 5 heterocycles. The topological polar surface area (TPSA) is 81.2 Å². The van der Waals surface area contributed by atoms with E-state index in [-0.39, 0.29) is 12.5 Å². The first kappa shape index (κ1) is 17.0. The third kappa shape index (κ3) is 2.76. The van der Waals surface area contributed by atoms with Crippen molar-refractivity contribution in [1.82, 2.24) is 34.3 Å². The summed E-state index contributed by atoms with van der Waals surface area (Å²) in [6.07, 6.45) is 3.19. The first-order chi connectivity index (χ1) is 13.6. The molecule has 0 aliphatic carbocycles. The number of carbonyl (C=O) groups excluding carboxylic acids is 1. The molecule has 0 saturated heterocycles. The second-order valence-electron chi connectivity index (χ2n) is 6.41. The highest BCUT2D eigenvalue weighted by atomic mass is 79.9. The van der Waals surface area contributed by atoms with Crippen molar-refractivity contribution >= 4 is 27.4 Å². The molecule has 28 heavy (non-hydrogen) atoms. The summed E-state index contributed by atoms with van der Waals surface area (Å²) in [5, 5.41) is 12.6. The molecule has 0 fully saturated rings. The van der Waals surface area contributed by atoms with Crippen molar-refractivity contribution < 1.29 is 9.18 Å². The van der Waals surface area contributed by atoms with E-state index >= 15 is 0 Å². The lowest BCUT2D eigenvalue weighted by Gasteiger charge is -2.27. The number of nitrogens with zero attached hydrogens (tertiary/aromatic N) is 7. The predicted molar refractivity (Wildman–Crippen MR) is 101 cm³/mol. The van der Waals surface area contributed by atoms with Crippen LogP contribution in [0.5, 0.6) is 0 Å². The lowest BCUT2D eigenvalue weighted by Crippen LogP contribution is -2.38. The molecule has 0 saturated carbocycles. The molecular formula is C18H13BrFN7O. The summed E-state index contributed by atoms with van der Waals surface area (Å²) in [5.41, 5.74) is 1.50. The summed E-state index contributed by atoms with van der Waals surface area (Å²) in [6.45, 7) is 1.21. The van der Waals surface area contributed by atoms with Crippen LogP contribution in [0.15, 0.2) is 47.2 Å². The molecule has 0 unspecified atom stereocenters. The standard InChI is InChI=1S/C18H13BrFN7O/c19-11-3-4-12-8-14(24-27(12)9-11)18(28)25-6-7-26-15(10-25)22-23-17(26)13-2-1-5-21-16(13)20/h1-5,8-9H,6-7,10H2. The van der Waals surface area contributed by atoms with Crippen LogP contribution in [0.3, 0.4) is 0 Å². The molecule has 5 rings (SSSR count). The van der Waals surface area contributed by atoms with E-state index in [0.717, 1.165) is 9.99 Å². The largest absolute Gasteiger partial charge is 0.328 e. The Bertz CT molecular complexity index is 1220. The van der Waals surface area contributed by atoms with Gasteiger partial charge < -0.3 is 9.47 Å². The maximum Gasteiger partial charge on any atom is 0.274 e. The summed E-state index contributed by atoms with van der Waals surface area (Å²) < 4.78 is 18.4. The van der Waals surface area contributed by atoms with Gasteiger partial charge >= 0.3 is 0 Å². The summed E-state index contributed by atoms with van der Waals surface area (Å²) in [7, 11) is 0. The molecule has 10 heteroatoms. The Morgan fingerprint density at radius 3 is 2.93 bits per heavy atom. The second kappa shape index (κ2) is 6.48.